The summed E-state index contributed by atoms with van der Waals surface area (Å²) < 4.78 is 5.79. The molecule has 1 atom stereocenters. The molecule has 1 unspecified atom stereocenters. The Labute approximate surface area is 173 Å². The highest BCUT2D eigenvalue weighted by Crippen LogP contribution is 2.30. The van der Waals surface area contributed by atoms with Crippen LogP contribution in [0.3, 0.4) is 0 Å². The van der Waals surface area contributed by atoms with Gasteiger partial charge in [0.25, 0.3) is 5.91 Å². The molecule has 1 N–H and O–H groups in total. The van der Waals surface area contributed by atoms with Crippen molar-refractivity contribution in [1.29, 1.82) is 0 Å². The Morgan fingerprint density at radius 2 is 1.96 bits per heavy atom. The number of fused-ring (bicyclic) bond motifs is 1. The number of halogens is 2. The van der Waals surface area contributed by atoms with E-state index in [0.717, 1.165) is 28.9 Å². The van der Waals surface area contributed by atoms with Crippen LogP contribution >= 0.6 is 23.2 Å². The summed E-state index contributed by atoms with van der Waals surface area (Å²) in [5.41, 5.74) is 3.86. The fraction of sp³-hybridized carbons (Fsp3) is 0.238. The minimum absolute atomic E-state index is 0.0566. The minimum atomic E-state index is -0.593. The predicted molar refractivity (Wildman–Crippen MR) is 110 cm³/mol. The fourth-order valence-corrected chi connectivity index (χ4v) is 3.70. The van der Waals surface area contributed by atoms with E-state index in [2.05, 4.69) is 10.2 Å². The van der Waals surface area contributed by atoms with Crippen LogP contribution in [0.2, 0.25) is 10.0 Å². The largest absolute Gasteiger partial charge is 0.481 e. The normalized spacial score (nSPS) is 14.5. The van der Waals surface area contributed by atoms with Crippen molar-refractivity contribution in [3.8, 4) is 17.0 Å². The average Bonchev–Trinajstić information content (AvgIpc) is 3.12. The number of nitrogens with zero attached hydrogens (tertiary/aromatic N) is 2. The van der Waals surface area contributed by atoms with E-state index >= 15 is 0 Å². The molecule has 1 aliphatic heterocycles. The summed E-state index contributed by atoms with van der Waals surface area (Å²) in [4.78, 5) is 14.7. The monoisotopic (exact) mass is 415 g/mol. The van der Waals surface area contributed by atoms with E-state index in [-0.39, 0.29) is 5.91 Å². The lowest BCUT2D eigenvalue weighted by molar-refractivity contribution is -0.138. The summed E-state index contributed by atoms with van der Waals surface area (Å²) >= 11 is 12.0. The molecule has 1 amide bonds. The first kappa shape index (κ1) is 18.8. The molecule has 0 fully saturated rings. The lowest BCUT2D eigenvalue weighted by Crippen LogP contribution is -2.43. The molecular weight excluding hydrogens is 397 g/mol. The molecule has 0 saturated carbocycles. The van der Waals surface area contributed by atoms with Crippen LogP contribution in [0.5, 0.6) is 5.75 Å². The van der Waals surface area contributed by atoms with Crippen molar-refractivity contribution in [2.45, 2.75) is 26.0 Å². The highest BCUT2D eigenvalue weighted by Gasteiger charge is 2.29. The molecule has 28 heavy (non-hydrogen) atoms. The van der Waals surface area contributed by atoms with E-state index in [1.807, 2.05) is 29.2 Å². The second kappa shape index (κ2) is 7.86. The van der Waals surface area contributed by atoms with Gasteiger partial charge in [-0.3, -0.25) is 9.89 Å². The Morgan fingerprint density at radius 1 is 1.18 bits per heavy atom. The van der Waals surface area contributed by atoms with Crippen molar-refractivity contribution in [2.75, 3.05) is 6.54 Å². The summed E-state index contributed by atoms with van der Waals surface area (Å²) in [6.07, 6.45) is 0.131. The number of hydrogen-bond acceptors (Lipinski definition) is 3. The Bertz CT molecular complexity index is 1000. The second-order valence-electron chi connectivity index (χ2n) is 6.76. The lowest BCUT2D eigenvalue weighted by atomic mass is 10.0. The first-order valence-electron chi connectivity index (χ1n) is 9.04. The maximum absolute atomic E-state index is 12.9. The average molecular weight is 416 g/mol. The molecule has 0 bridgehead atoms. The number of aromatic nitrogens is 2. The first-order valence-corrected chi connectivity index (χ1v) is 9.80. The van der Waals surface area contributed by atoms with Gasteiger partial charge in [0.15, 0.2) is 6.10 Å². The zero-order valence-corrected chi connectivity index (χ0v) is 16.8. The van der Waals surface area contributed by atoms with E-state index in [1.165, 1.54) is 0 Å². The maximum atomic E-state index is 12.9. The van der Waals surface area contributed by atoms with Gasteiger partial charge in [0.2, 0.25) is 0 Å². The van der Waals surface area contributed by atoms with Gasteiger partial charge in [-0.05, 0) is 43.3 Å². The van der Waals surface area contributed by atoms with Gasteiger partial charge in [0.1, 0.15) is 5.75 Å². The number of rotatable bonds is 4. The van der Waals surface area contributed by atoms with Crippen molar-refractivity contribution in [2.24, 2.45) is 0 Å². The van der Waals surface area contributed by atoms with E-state index in [4.69, 9.17) is 27.9 Å². The number of H-pyrrole nitrogens is 1. The summed E-state index contributed by atoms with van der Waals surface area (Å²) in [6.45, 7) is 2.87. The Morgan fingerprint density at radius 3 is 2.71 bits per heavy atom. The molecule has 0 saturated heterocycles. The van der Waals surface area contributed by atoms with Gasteiger partial charge in [-0.15, -0.1) is 0 Å². The Balaban J connectivity index is 1.51. The van der Waals surface area contributed by atoms with Crippen molar-refractivity contribution >= 4 is 29.1 Å². The molecule has 4 rings (SSSR count). The molecule has 0 aliphatic carbocycles. The first-order chi connectivity index (χ1) is 13.5. The van der Waals surface area contributed by atoms with Crippen LogP contribution in [0, 0.1) is 0 Å². The van der Waals surface area contributed by atoms with E-state index < -0.39 is 6.10 Å². The molecule has 144 valence electrons. The van der Waals surface area contributed by atoms with E-state index in [1.54, 1.807) is 31.2 Å². The quantitative estimate of drug-likeness (QED) is 0.669. The highest BCUT2D eigenvalue weighted by molar-refractivity contribution is 6.31. The van der Waals surface area contributed by atoms with Gasteiger partial charge in [0.05, 0.1) is 5.69 Å². The highest BCUT2D eigenvalue weighted by atomic mass is 35.5. The van der Waals surface area contributed by atoms with E-state index in [0.29, 0.717) is 28.9 Å². The molecule has 2 aromatic carbocycles. The summed E-state index contributed by atoms with van der Waals surface area (Å²) in [5.74, 6) is 0.560. The molecule has 7 heteroatoms. The smallest absolute Gasteiger partial charge is 0.263 e. The lowest BCUT2D eigenvalue weighted by Gasteiger charge is -2.29. The third-order valence-electron chi connectivity index (χ3n) is 4.82. The summed E-state index contributed by atoms with van der Waals surface area (Å²) in [5, 5.41) is 8.85. The second-order valence-corrected chi connectivity index (χ2v) is 7.64. The number of carbonyl (C=O) groups is 1. The van der Waals surface area contributed by atoms with Crippen molar-refractivity contribution in [3.63, 3.8) is 0 Å². The van der Waals surface area contributed by atoms with E-state index in [9.17, 15) is 4.79 Å². The van der Waals surface area contributed by atoms with Gasteiger partial charge in [-0.2, -0.15) is 5.10 Å². The van der Waals surface area contributed by atoms with Crippen LogP contribution in [-0.4, -0.2) is 33.7 Å². The SMILES string of the molecule is CC(Oc1ccc(Cl)cc1)C(=O)N1CCc2[nH]nc(-c3cccc(Cl)c3)c2C1. The number of nitrogens with one attached hydrogen (secondary N) is 1. The summed E-state index contributed by atoms with van der Waals surface area (Å²) in [7, 11) is 0. The Kier molecular flexibility index (Phi) is 5.29. The van der Waals surface area contributed by atoms with Crippen LogP contribution < -0.4 is 4.74 Å². The van der Waals surface area contributed by atoms with Gasteiger partial charge in [-0.1, -0.05) is 35.3 Å². The zero-order chi connectivity index (χ0) is 19.7. The molecule has 3 aromatic rings. The Hall–Kier alpha value is -2.50. The van der Waals surface area contributed by atoms with Crippen LogP contribution in [0.1, 0.15) is 18.2 Å². The van der Waals surface area contributed by atoms with Crippen LogP contribution in [0.25, 0.3) is 11.3 Å². The van der Waals surface area contributed by atoms with Crippen LogP contribution in [0.15, 0.2) is 48.5 Å². The van der Waals surface area contributed by atoms with Crippen molar-refractivity contribution in [3.05, 3.63) is 69.8 Å². The van der Waals surface area contributed by atoms with Crippen LogP contribution in [-0.2, 0) is 17.8 Å². The fourth-order valence-electron chi connectivity index (χ4n) is 3.38. The molecule has 5 nitrogen and oxygen atoms in total. The van der Waals surface area contributed by atoms with Crippen molar-refractivity contribution < 1.29 is 9.53 Å². The number of benzene rings is 2. The number of ether oxygens (including phenoxy) is 1. The van der Waals surface area contributed by atoms with Gasteiger partial charge < -0.3 is 9.64 Å². The topological polar surface area (TPSA) is 58.2 Å². The number of amides is 1. The van der Waals surface area contributed by atoms with Gasteiger partial charge >= 0.3 is 0 Å². The molecule has 1 aromatic heterocycles. The maximum Gasteiger partial charge on any atom is 0.263 e. The standard InChI is InChI=1S/C21H19Cl2N3O2/c1-13(28-17-7-5-15(22)6-8-17)21(27)26-10-9-19-18(12-26)20(25-24-19)14-3-2-4-16(23)11-14/h2-8,11,13H,9-10,12H2,1H3,(H,24,25). The molecular formula is C21H19Cl2N3O2. The van der Waals surface area contributed by atoms with Gasteiger partial charge in [0, 0.05) is 46.4 Å². The van der Waals surface area contributed by atoms with Gasteiger partial charge in [-0.25, -0.2) is 0 Å². The van der Waals surface area contributed by atoms with Crippen LogP contribution in [0.4, 0.5) is 0 Å². The number of aromatic amines is 1. The number of carbonyl (C=O) groups excluding carboxylic acids is 1. The minimum Gasteiger partial charge on any atom is -0.481 e. The molecule has 2 heterocycles. The molecule has 1 aliphatic rings. The van der Waals surface area contributed by atoms with Crippen molar-refractivity contribution in [1.82, 2.24) is 15.1 Å². The third-order valence-corrected chi connectivity index (χ3v) is 5.30. The molecule has 0 radical (unpaired) electrons. The predicted octanol–water partition coefficient (Wildman–Crippen LogP) is 4.74. The molecule has 0 spiro atoms. The summed E-state index contributed by atoms with van der Waals surface area (Å²) in [6, 6.07) is 14.6. The third kappa shape index (κ3) is 3.86. The number of hydrogen-bond donors (Lipinski definition) is 1. The zero-order valence-electron chi connectivity index (χ0n) is 15.3.